The fourth-order valence-corrected chi connectivity index (χ4v) is 1.90. The fraction of sp³-hybridized carbons (Fsp3) is 0.231. The molecule has 1 aromatic heterocycles. The van der Waals surface area contributed by atoms with Gasteiger partial charge in [-0.1, -0.05) is 29.8 Å². The highest BCUT2D eigenvalue weighted by molar-refractivity contribution is 6.31. The van der Waals surface area contributed by atoms with Crippen molar-refractivity contribution in [2.75, 3.05) is 0 Å². The largest absolute Gasteiger partial charge is 0.325 e. The Balaban J connectivity index is 2.30. The van der Waals surface area contributed by atoms with Crippen molar-refractivity contribution in [3.8, 4) is 0 Å². The lowest BCUT2D eigenvalue weighted by Gasteiger charge is -2.06. The predicted octanol–water partition coefficient (Wildman–Crippen LogP) is 2.49. The maximum Gasteiger partial charge on any atom is 0.133 e. The Kier molecular flexibility index (Phi) is 3.71. The third-order valence-electron chi connectivity index (χ3n) is 2.47. The van der Waals surface area contributed by atoms with Gasteiger partial charge >= 0.3 is 0 Å². The molecular weight excluding hydrogens is 234 g/mol. The van der Waals surface area contributed by atoms with Crippen molar-refractivity contribution in [2.45, 2.75) is 19.9 Å². The molecule has 0 amide bonds. The summed E-state index contributed by atoms with van der Waals surface area (Å²) in [6.45, 7) is 2.37. The minimum atomic E-state index is 0.429. The molecule has 0 atom stereocenters. The summed E-state index contributed by atoms with van der Waals surface area (Å²) in [4.78, 5) is 8.79. The number of benzene rings is 1. The first kappa shape index (κ1) is 12.0. The Morgan fingerprint density at radius 2 is 2.00 bits per heavy atom. The minimum absolute atomic E-state index is 0.429. The lowest BCUT2D eigenvalue weighted by Crippen LogP contribution is -2.06. The molecular formula is C13H14ClN3. The van der Waals surface area contributed by atoms with Crippen molar-refractivity contribution in [3.63, 3.8) is 0 Å². The van der Waals surface area contributed by atoms with E-state index in [-0.39, 0.29) is 0 Å². The Labute approximate surface area is 106 Å². The number of aryl methyl sites for hydroxylation is 1. The highest BCUT2D eigenvalue weighted by atomic mass is 35.5. The molecule has 0 fully saturated rings. The molecule has 2 rings (SSSR count). The molecule has 3 nitrogen and oxygen atoms in total. The molecule has 1 heterocycles. The van der Waals surface area contributed by atoms with Crippen molar-refractivity contribution in [1.29, 1.82) is 0 Å². The first-order valence-corrected chi connectivity index (χ1v) is 5.83. The number of rotatable bonds is 3. The number of aromatic nitrogens is 2. The maximum absolute atomic E-state index is 6.11. The molecule has 2 N–H and O–H groups in total. The lowest BCUT2D eigenvalue weighted by atomic mass is 10.1. The summed E-state index contributed by atoms with van der Waals surface area (Å²) >= 11 is 6.11. The second-order valence-corrected chi connectivity index (χ2v) is 4.30. The zero-order valence-electron chi connectivity index (χ0n) is 9.65. The van der Waals surface area contributed by atoms with Gasteiger partial charge in [-0.15, -0.1) is 0 Å². The summed E-state index contributed by atoms with van der Waals surface area (Å²) in [7, 11) is 0. The summed E-state index contributed by atoms with van der Waals surface area (Å²) in [5.74, 6) is 0.763. The minimum Gasteiger partial charge on any atom is -0.325 e. The van der Waals surface area contributed by atoms with Gasteiger partial charge in [-0.3, -0.25) is 0 Å². The molecule has 0 bridgehead atoms. The molecule has 0 aliphatic carbocycles. The molecule has 0 aliphatic rings. The summed E-state index contributed by atoms with van der Waals surface area (Å²) in [5.41, 5.74) is 8.42. The molecule has 1 aromatic carbocycles. The smallest absolute Gasteiger partial charge is 0.133 e. The number of hydrogen-bond donors (Lipinski definition) is 1. The van der Waals surface area contributed by atoms with Crippen LogP contribution in [0.5, 0.6) is 0 Å². The topological polar surface area (TPSA) is 51.8 Å². The van der Waals surface area contributed by atoms with Crippen molar-refractivity contribution in [3.05, 3.63) is 58.1 Å². The summed E-state index contributed by atoms with van der Waals surface area (Å²) in [5, 5.41) is 0.743. The predicted molar refractivity (Wildman–Crippen MR) is 68.9 cm³/mol. The van der Waals surface area contributed by atoms with Crippen LogP contribution >= 0.6 is 11.6 Å². The zero-order chi connectivity index (χ0) is 12.3. The summed E-state index contributed by atoms with van der Waals surface area (Å²) in [6, 6.07) is 9.62. The third-order valence-corrected chi connectivity index (χ3v) is 2.84. The standard InChI is InChI=1S/C13H14ClN3/c1-9-6-11(8-15)17-13(16-9)7-10-4-2-3-5-12(10)14/h2-6H,7-8,15H2,1H3. The fourth-order valence-electron chi connectivity index (χ4n) is 1.70. The number of nitrogens with zero attached hydrogens (tertiary/aromatic N) is 2. The van der Waals surface area contributed by atoms with E-state index in [0.29, 0.717) is 13.0 Å². The van der Waals surface area contributed by atoms with Gasteiger partial charge in [0.25, 0.3) is 0 Å². The van der Waals surface area contributed by atoms with Crippen molar-refractivity contribution in [2.24, 2.45) is 5.73 Å². The van der Waals surface area contributed by atoms with Crippen LogP contribution in [-0.4, -0.2) is 9.97 Å². The van der Waals surface area contributed by atoms with Crippen LogP contribution in [0.25, 0.3) is 0 Å². The van der Waals surface area contributed by atoms with Gasteiger partial charge in [0, 0.05) is 23.7 Å². The quantitative estimate of drug-likeness (QED) is 0.907. The van der Waals surface area contributed by atoms with Gasteiger partial charge in [-0.05, 0) is 24.6 Å². The number of hydrogen-bond acceptors (Lipinski definition) is 3. The third kappa shape index (κ3) is 3.02. The molecule has 0 radical (unpaired) electrons. The molecule has 0 saturated heterocycles. The van der Waals surface area contributed by atoms with Gasteiger partial charge in [0.05, 0.1) is 5.69 Å². The molecule has 2 aromatic rings. The Bertz CT molecular complexity index is 526. The summed E-state index contributed by atoms with van der Waals surface area (Å²) in [6.07, 6.45) is 0.633. The highest BCUT2D eigenvalue weighted by Crippen LogP contribution is 2.17. The van der Waals surface area contributed by atoms with Crippen LogP contribution in [0.2, 0.25) is 5.02 Å². The van der Waals surface area contributed by atoms with E-state index >= 15 is 0 Å². The van der Waals surface area contributed by atoms with Crippen molar-refractivity contribution in [1.82, 2.24) is 9.97 Å². The maximum atomic E-state index is 6.11. The van der Waals surface area contributed by atoms with Gasteiger partial charge in [0.2, 0.25) is 0 Å². The van der Waals surface area contributed by atoms with E-state index in [1.807, 2.05) is 37.3 Å². The normalized spacial score (nSPS) is 10.5. The van der Waals surface area contributed by atoms with Crippen molar-refractivity contribution < 1.29 is 0 Å². The molecule has 0 saturated carbocycles. The lowest BCUT2D eigenvalue weighted by molar-refractivity contribution is 0.874. The van der Waals surface area contributed by atoms with E-state index in [4.69, 9.17) is 17.3 Å². The number of nitrogens with two attached hydrogens (primary N) is 1. The van der Waals surface area contributed by atoms with Crippen molar-refractivity contribution >= 4 is 11.6 Å². The second kappa shape index (κ2) is 5.25. The second-order valence-electron chi connectivity index (χ2n) is 3.89. The van der Waals surface area contributed by atoms with Gasteiger partial charge in [-0.2, -0.15) is 0 Å². The Morgan fingerprint density at radius 3 is 2.71 bits per heavy atom. The van der Waals surface area contributed by atoms with Crippen LogP contribution < -0.4 is 5.73 Å². The SMILES string of the molecule is Cc1cc(CN)nc(Cc2ccccc2Cl)n1. The molecule has 0 unspecified atom stereocenters. The van der Waals surface area contributed by atoms with E-state index in [0.717, 1.165) is 27.8 Å². The van der Waals surface area contributed by atoms with Gasteiger partial charge in [0.1, 0.15) is 5.82 Å². The van der Waals surface area contributed by atoms with Gasteiger partial charge in [0.15, 0.2) is 0 Å². The van der Waals surface area contributed by atoms with Gasteiger partial charge in [-0.25, -0.2) is 9.97 Å². The van der Waals surface area contributed by atoms with Gasteiger partial charge < -0.3 is 5.73 Å². The Hall–Kier alpha value is -1.45. The monoisotopic (exact) mass is 247 g/mol. The van der Waals surface area contributed by atoms with E-state index in [9.17, 15) is 0 Å². The molecule has 17 heavy (non-hydrogen) atoms. The first-order chi connectivity index (χ1) is 8.19. The van der Waals surface area contributed by atoms with Crippen LogP contribution in [0.4, 0.5) is 0 Å². The van der Waals surface area contributed by atoms with Crippen LogP contribution in [0.1, 0.15) is 22.8 Å². The number of halogens is 1. The van der Waals surface area contributed by atoms with E-state index in [2.05, 4.69) is 9.97 Å². The van der Waals surface area contributed by atoms with Crippen LogP contribution in [-0.2, 0) is 13.0 Å². The zero-order valence-corrected chi connectivity index (χ0v) is 10.4. The molecule has 88 valence electrons. The molecule has 0 spiro atoms. The van der Waals surface area contributed by atoms with E-state index in [1.165, 1.54) is 0 Å². The average molecular weight is 248 g/mol. The molecule has 4 heteroatoms. The Morgan fingerprint density at radius 1 is 1.24 bits per heavy atom. The van der Waals surface area contributed by atoms with Crippen LogP contribution in [0.3, 0.4) is 0 Å². The van der Waals surface area contributed by atoms with E-state index < -0.39 is 0 Å². The van der Waals surface area contributed by atoms with Crippen LogP contribution in [0, 0.1) is 6.92 Å². The summed E-state index contributed by atoms with van der Waals surface area (Å²) < 4.78 is 0. The highest BCUT2D eigenvalue weighted by Gasteiger charge is 2.05. The first-order valence-electron chi connectivity index (χ1n) is 5.46. The molecule has 0 aliphatic heterocycles. The van der Waals surface area contributed by atoms with Crippen LogP contribution in [0.15, 0.2) is 30.3 Å². The average Bonchev–Trinajstić information content (AvgIpc) is 2.31. The van der Waals surface area contributed by atoms with E-state index in [1.54, 1.807) is 0 Å².